The highest BCUT2D eigenvalue weighted by atomic mass is 16.5. The number of nitrogens with two attached hydrogens (primary N) is 2. The second-order valence-corrected chi connectivity index (χ2v) is 4.15. The van der Waals surface area contributed by atoms with Gasteiger partial charge in [-0.2, -0.15) is 15.0 Å². The van der Waals surface area contributed by atoms with Gasteiger partial charge in [-0.25, -0.2) is 5.84 Å². The molecule has 0 bridgehead atoms. The first-order valence-corrected chi connectivity index (χ1v) is 6.03. The highest BCUT2D eigenvalue weighted by Crippen LogP contribution is 2.22. The molecule has 1 aliphatic heterocycles. The number of amides is 1. The van der Waals surface area contributed by atoms with Gasteiger partial charge in [-0.15, -0.1) is 0 Å². The van der Waals surface area contributed by atoms with Gasteiger partial charge in [0, 0.05) is 13.1 Å². The van der Waals surface area contributed by atoms with E-state index < -0.39 is 0 Å². The van der Waals surface area contributed by atoms with Crippen molar-refractivity contribution in [3.05, 3.63) is 0 Å². The molecular weight excluding hydrogens is 250 g/mol. The molecule has 1 unspecified atom stereocenters. The number of rotatable bonds is 5. The van der Waals surface area contributed by atoms with Gasteiger partial charge in [0.25, 0.3) is 0 Å². The van der Waals surface area contributed by atoms with Gasteiger partial charge in [0.05, 0.1) is 12.5 Å². The molecule has 0 spiro atoms. The third-order valence-corrected chi connectivity index (χ3v) is 2.88. The molecule has 1 atom stereocenters. The summed E-state index contributed by atoms with van der Waals surface area (Å²) in [5, 5.41) is 0. The Kier molecular flexibility index (Phi) is 3.95. The van der Waals surface area contributed by atoms with Crippen LogP contribution < -0.4 is 26.6 Å². The highest BCUT2D eigenvalue weighted by molar-refractivity contribution is 5.78. The zero-order chi connectivity index (χ0) is 13.8. The Morgan fingerprint density at radius 1 is 1.53 bits per heavy atom. The van der Waals surface area contributed by atoms with Crippen molar-refractivity contribution in [2.75, 3.05) is 30.0 Å². The number of hydrogen-bond acceptors (Lipinski definition) is 8. The number of aromatic nitrogens is 3. The Bertz CT molecular complexity index is 467. The first-order chi connectivity index (χ1) is 9.13. The van der Waals surface area contributed by atoms with Crippen molar-refractivity contribution in [2.45, 2.75) is 13.3 Å². The maximum Gasteiger partial charge on any atom is 0.323 e. The van der Waals surface area contributed by atoms with Crippen molar-refractivity contribution in [1.82, 2.24) is 15.0 Å². The lowest BCUT2D eigenvalue weighted by Crippen LogP contribution is -2.28. The zero-order valence-electron chi connectivity index (χ0n) is 10.7. The standard InChI is InChI=1S/C10H17N7O2/c1-2-19-10-14-8(16-12)13-9(15-10)17-4-3-6(5-17)7(11)18/h6H,2-5,12H2,1H3,(H2,11,18)(H,13,14,15,16). The second kappa shape index (κ2) is 5.65. The minimum absolute atomic E-state index is 0.179. The molecule has 5 N–H and O–H groups in total. The normalized spacial score (nSPS) is 18.4. The molecule has 1 fully saturated rings. The predicted octanol–water partition coefficient (Wildman–Crippen LogP) is -1.13. The lowest BCUT2D eigenvalue weighted by Gasteiger charge is -2.16. The van der Waals surface area contributed by atoms with Crippen LogP contribution in [0.3, 0.4) is 0 Å². The van der Waals surface area contributed by atoms with Crippen LogP contribution in [0.15, 0.2) is 0 Å². The molecule has 1 amide bonds. The van der Waals surface area contributed by atoms with Crippen molar-refractivity contribution in [3.63, 3.8) is 0 Å². The maximum atomic E-state index is 11.2. The molecule has 104 valence electrons. The van der Waals surface area contributed by atoms with Gasteiger partial charge in [-0.1, -0.05) is 0 Å². The van der Waals surface area contributed by atoms with Crippen LogP contribution in [0.5, 0.6) is 6.01 Å². The minimum Gasteiger partial charge on any atom is -0.464 e. The van der Waals surface area contributed by atoms with Crippen molar-refractivity contribution in [2.24, 2.45) is 17.5 Å². The number of hydrogen-bond donors (Lipinski definition) is 3. The van der Waals surface area contributed by atoms with E-state index in [1.165, 1.54) is 0 Å². The summed E-state index contributed by atoms with van der Waals surface area (Å²) in [7, 11) is 0. The van der Waals surface area contributed by atoms with Gasteiger partial charge in [0.15, 0.2) is 0 Å². The van der Waals surface area contributed by atoms with Crippen LogP contribution in [0.25, 0.3) is 0 Å². The van der Waals surface area contributed by atoms with E-state index in [2.05, 4.69) is 20.4 Å². The topological polar surface area (TPSA) is 132 Å². The Hall–Kier alpha value is -2.16. The molecule has 19 heavy (non-hydrogen) atoms. The monoisotopic (exact) mass is 267 g/mol. The lowest BCUT2D eigenvalue weighted by atomic mass is 10.1. The van der Waals surface area contributed by atoms with E-state index in [-0.39, 0.29) is 23.8 Å². The Morgan fingerprint density at radius 2 is 2.32 bits per heavy atom. The number of ether oxygens (including phenoxy) is 1. The van der Waals surface area contributed by atoms with Gasteiger partial charge in [-0.05, 0) is 13.3 Å². The Labute approximate surface area is 110 Å². The van der Waals surface area contributed by atoms with Crippen molar-refractivity contribution in [1.29, 1.82) is 0 Å². The van der Waals surface area contributed by atoms with Crippen LogP contribution in [-0.2, 0) is 4.79 Å². The Balaban J connectivity index is 2.19. The van der Waals surface area contributed by atoms with E-state index in [4.69, 9.17) is 16.3 Å². The van der Waals surface area contributed by atoms with Crippen molar-refractivity contribution >= 4 is 17.8 Å². The zero-order valence-corrected chi connectivity index (χ0v) is 10.7. The molecule has 1 aromatic heterocycles. The summed E-state index contributed by atoms with van der Waals surface area (Å²) in [6.07, 6.45) is 0.691. The van der Waals surface area contributed by atoms with E-state index in [0.717, 1.165) is 0 Å². The molecule has 1 aliphatic rings. The summed E-state index contributed by atoms with van der Waals surface area (Å²) in [6, 6.07) is 0.197. The molecule has 9 nitrogen and oxygen atoms in total. The van der Waals surface area contributed by atoms with Crippen LogP contribution in [0.2, 0.25) is 0 Å². The average molecular weight is 267 g/mol. The largest absolute Gasteiger partial charge is 0.464 e. The summed E-state index contributed by atoms with van der Waals surface area (Å²) >= 11 is 0. The fourth-order valence-electron chi connectivity index (χ4n) is 1.92. The van der Waals surface area contributed by atoms with Crippen LogP contribution in [0, 0.1) is 5.92 Å². The van der Waals surface area contributed by atoms with E-state index in [1.54, 1.807) is 0 Å². The number of hydrazine groups is 1. The number of carbonyl (C=O) groups excluding carboxylic acids is 1. The maximum absolute atomic E-state index is 11.2. The van der Waals surface area contributed by atoms with E-state index in [0.29, 0.717) is 32.1 Å². The van der Waals surface area contributed by atoms with Crippen LogP contribution in [-0.4, -0.2) is 40.6 Å². The molecule has 0 saturated carbocycles. The van der Waals surface area contributed by atoms with Gasteiger partial charge in [-0.3, -0.25) is 10.2 Å². The second-order valence-electron chi connectivity index (χ2n) is 4.15. The van der Waals surface area contributed by atoms with Gasteiger partial charge >= 0.3 is 6.01 Å². The van der Waals surface area contributed by atoms with E-state index in [9.17, 15) is 4.79 Å². The molecule has 9 heteroatoms. The number of carbonyl (C=O) groups is 1. The summed E-state index contributed by atoms with van der Waals surface area (Å²) in [5.74, 6) is 5.47. The first kappa shape index (κ1) is 13.3. The molecule has 1 aromatic rings. The summed E-state index contributed by atoms with van der Waals surface area (Å²) < 4.78 is 5.25. The summed E-state index contributed by atoms with van der Waals surface area (Å²) in [5.41, 5.74) is 7.66. The summed E-state index contributed by atoms with van der Waals surface area (Å²) in [4.78, 5) is 25.3. The lowest BCUT2D eigenvalue weighted by molar-refractivity contribution is -0.121. The predicted molar refractivity (Wildman–Crippen MR) is 68.3 cm³/mol. The van der Waals surface area contributed by atoms with E-state index in [1.807, 2.05) is 11.8 Å². The number of anilines is 2. The average Bonchev–Trinajstić information content (AvgIpc) is 2.88. The molecule has 1 saturated heterocycles. The summed E-state index contributed by atoms with van der Waals surface area (Å²) in [6.45, 7) is 3.43. The number of nitrogens with zero attached hydrogens (tertiary/aromatic N) is 4. The minimum atomic E-state index is -0.307. The number of nitrogen functional groups attached to an aromatic ring is 1. The first-order valence-electron chi connectivity index (χ1n) is 6.03. The van der Waals surface area contributed by atoms with Crippen LogP contribution in [0.4, 0.5) is 11.9 Å². The third kappa shape index (κ3) is 2.99. The fraction of sp³-hybridized carbons (Fsp3) is 0.600. The molecule has 0 radical (unpaired) electrons. The smallest absolute Gasteiger partial charge is 0.323 e. The van der Waals surface area contributed by atoms with Crippen molar-refractivity contribution < 1.29 is 9.53 Å². The fourth-order valence-corrected chi connectivity index (χ4v) is 1.92. The van der Waals surface area contributed by atoms with Gasteiger partial charge in [0.2, 0.25) is 17.8 Å². The highest BCUT2D eigenvalue weighted by Gasteiger charge is 2.28. The number of primary amides is 1. The van der Waals surface area contributed by atoms with Crippen molar-refractivity contribution in [3.8, 4) is 6.01 Å². The molecule has 0 aliphatic carbocycles. The van der Waals surface area contributed by atoms with E-state index >= 15 is 0 Å². The SMILES string of the molecule is CCOc1nc(NN)nc(N2CCC(C(N)=O)C2)n1. The van der Waals surface area contributed by atoms with Crippen LogP contribution >= 0.6 is 0 Å². The van der Waals surface area contributed by atoms with Crippen LogP contribution in [0.1, 0.15) is 13.3 Å². The third-order valence-electron chi connectivity index (χ3n) is 2.88. The quantitative estimate of drug-likeness (QED) is 0.451. The Morgan fingerprint density at radius 3 is 2.89 bits per heavy atom. The van der Waals surface area contributed by atoms with Gasteiger partial charge < -0.3 is 15.4 Å². The van der Waals surface area contributed by atoms with Gasteiger partial charge in [0.1, 0.15) is 0 Å². The molecule has 2 heterocycles. The number of nitrogens with one attached hydrogen (secondary N) is 1. The molecule has 2 rings (SSSR count). The molecular formula is C10H17N7O2. The molecule has 0 aromatic carbocycles.